The molecular formula is C15H17F2NO4S. The Morgan fingerprint density at radius 2 is 1.96 bits per heavy atom. The van der Waals surface area contributed by atoms with Gasteiger partial charge in [-0.05, 0) is 31.4 Å². The number of esters is 1. The third kappa shape index (κ3) is 3.69. The van der Waals surface area contributed by atoms with Crippen molar-refractivity contribution in [3.63, 3.8) is 0 Å². The summed E-state index contributed by atoms with van der Waals surface area (Å²) >= 11 is 0. The van der Waals surface area contributed by atoms with E-state index in [-0.39, 0.29) is 5.70 Å². The van der Waals surface area contributed by atoms with Gasteiger partial charge in [0.1, 0.15) is 16.5 Å². The number of benzene rings is 1. The Hall–Kier alpha value is -1.96. The molecule has 0 bridgehead atoms. The van der Waals surface area contributed by atoms with Gasteiger partial charge in [-0.15, -0.1) is 0 Å². The number of rotatable bonds is 3. The quantitative estimate of drug-likeness (QED) is 0.517. The van der Waals surface area contributed by atoms with Crippen LogP contribution in [0.25, 0.3) is 0 Å². The summed E-state index contributed by atoms with van der Waals surface area (Å²) in [6, 6.07) is 2.10. The molecule has 0 amide bonds. The Morgan fingerprint density at radius 1 is 1.22 bits per heavy atom. The topological polar surface area (TPSA) is 72.5 Å². The number of ether oxygens (including phenoxy) is 1. The van der Waals surface area contributed by atoms with Crippen molar-refractivity contribution in [1.82, 2.24) is 5.32 Å². The largest absolute Gasteiger partial charge is 0.465 e. The molecule has 2 rings (SSSR count). The molecule has 126 valence electrons. The molecule has 23 heavy (non-hydrogen) atoms. The predicted octanol–water partition coefficient (Wildman–Crippen LogP) is 2.29. The summed E-state index contributed by atoms with van der Waals surface area (Å²) in [5, 5.41) is 2.91. The van der Waals surface area contributed by atoms with Crippen LogP contribution in [0.15, 0.2) is 33.7 Å². The zero-order chi connectivity index (χ0) is 17.0. The van der Waals surface area contributed by atoms with Gasteiger partial charge in [-0.1, -0.05) is 6.42 Å². The van der Waals surface area contributed by atoms with E-state index < -0.39 is 37.2 Å². The van der Waals surface area contributed by atoms with Gasteiger partial charge in [-0.25, -0.2) is 22.0 Å². The van der Waals surface area contributed by atoms with E-state index in [9.17, 15) is 22.0 Å². The molecule has 0 spiro atoms. The highest BCUT2D eigenvalue weighted by atomic mass is 32.2. The number of carbonyl (C=O) groups excluding carboxylic acids is 1. The van der Waals surface area contributed by atoms with E-state index in [1.165, 1.54) is 0 Å². The lowest BCUT2D eigenvalue weighted by Gasteiger charge is -2.14. The molecule has 1 fully saturated rings. The minimum atomic E-state index is -4.47. The van der Waals surface area contributed by atoms with Crippen LogP contribution in [-0.2, 0) is 19.4 Å². The van der Waals surface area contributed by atoms with E-state index in [0.717, 1.165) is 32.1 Å². The second-order valence-electron chi connectivity index (χ2n) is 5.11. The fourth-order valence-corrected chi connectivity index (χ4v) is 4.00. The molecule has 1 aliphatic rings. The summed E-state index contributed by atoms with van der Waals surface area (Å²) < 4.78 is 56.9. The highest BCUT2D eigenvalue weighted by Gasteiger charge is 2.34. The number of hydrogen-bond acceptors (Lipinski definition) is 5. The Labute approximate surface area is 133 Å². The Kier molecular flexibility index (Phi) is 5.35. The first kappa shape index (κ1) is 17.4. The molecule has 0 radical (unpaired) electrons. The maximum Gasteiger partial charge on any atom is 0.351 e. The number of nitrogens with one attached hydrogen (secondary N) is 1. The van der Waals surface area contributed by atoms with E-state index in [2.05, 4.69) is 10.1 Å². The summed E-state index contributed by atoms with van der Waals surface area (Å²) in [6.07, 6.45) is 2.76. The smallest absolute Gasteiger partial charge is 0.351 e. The fourth-order valence-electron chi connectivity index (χ4n) is 2.42. The van der Waals surface area contributed by atoms with Crippen LogP contribution < -0.4 is 5.32 Å². The zero-order valence-electron chi connectivity index (χ0n) is 12.6. The van der Waals surface area contributed by atoms with Crippen molar-refractivity contribution in [3.8, 4) is 0 Å². The van der Waals surface area contributed by atoms with Crippen molar-refractivity contribution in [2.45, 2.75) is 30.6 Å². The van der Waals surface area contributed by atoms with Crippen molar-refractivity contribution in [2.24, 2.45) is 0 Å². The SMILES string of the molecule is COC(=O)C(=C1CCCCCN1)S(=O)(=O)c1ccc(F)cc1F. The van der Waals surface area contributed by atoms with Crippen LogP contribution in [0.2, 0.25) is 0 Å². The third-order valence-corrected chi connectivity index (χ3v) is 5.40. The Bertz CT molecular complexity index is 734. The standard InChI is InChI=1S/C15H17F2NO4S/c1-22-15(19)14(12-5-3-2-4-8-18-12)23(20,21)13-7-6-10(16)9-11(13)17/h6-7,9,18H,2-5,8H2,1H3. The van der Waals surface area contributed by atoms with E-state index in [1.54, 1.807) is 0 Å². The van der Waals surface area contributed by atoms with E-state index in [1.807, 2.05) is 0 Å². The average molecular weight is 345 g/mol. The number of hydrogen-bond donors (Lipinski definition) is 1. The average Bonchev–Trinajstić information content (AvgIpc) is 2.75. The maximum atomic E-state index is 13.9. The monoisotopic (exact) mass is 345 g/mol. The van der Waals surface area contributed by atoms with Crippen LogP contribution >= 0.6 is 0 Å². The maximum absolute atomic E-state index is 13.9. The molecule has 5 nitrogen and oxygen atoms in total. The number of sulfone groups is 1. The van der Waals surface area contributed by atoms with Gasteiger partial charge in [0.25, 0.3) is 0 Å². The summed E-state index contributed by atoms with van der Waals surface area (Å²) in [6.45, 7) is 0.511. The van der Waals surface area contributed by atoms with Gasteiger partial charge in [0.2, 0.25) is 9.84 Å². The molecule has 0 atom stereocenters. The fraction of sp³-hybridized carbons (Fsp3) is 0.400. The first-order valence-corrected chi connectivity index (χ1v) is 8.61. The van der Waals surface area contributed by atoms with Gasteiger partial charge in [-0.3, -0.25) is 0 Å². The van der Waals surface area contributed by atoms with Gasteiger partial charge in [0.15, 0.2) is 4.91 Å². The Balaban J connectivity index is 2.62. The molecule has 8 heteroatoms. The number of methoxy groups -OCH3 is 1. The molecule has 0 saturated carbocycles. The van der Waals surface area contributed by atoms with Gasteiger partial charge in [0, 0.05) is 18.3 Å². The van der Waals surface area contributed by atoms with Crippen molar-refractivity contribution in [3.05, 3.63) is 40.4 Å². The minimum Gasteiger partial charge on any atom is -0.465 e. The van der Waals surface area contributed by atoms with Crippen LogP contribution in [0, 0.1) is 11.6 Å². The van der Waals surface area contributed by atoms with Crippen molar-refractivity contribution >= 4 is 15.8 Å². The van der Waals surface area contributed by atoms with Crippen molar-refractivity contribution in [1.29, 1.82) is 0 Å². The molecular weight excluding hydrogens is 328 g/mol. The minimum absolute atomic E-state index is 0.207. The first-order valence-electron chi connectivity index (χ1n) is 7.13. The highest BCUT2D eigenvalue weighted by Crippen LogP contribution is 2.28. The lowest BCUT2D eigenvalue weighted by Crippen LogP contribution is -2.24. The molecule has 1 aromatic rings. The van der Waals surface area contributed by atoms with Crippen LogP contribution in [-0.4, -0.2) is 28.0 Å². The highest BCUT2D eigenvalue weighted by molar-refractivity contribution is 7.96. The van der Waals surface area contributed by atoms with Gasteiger partial charge in [-0.2, -0.15) is 0 Å². The normalized spacial score (nSPS) is 17.9. The number of allylic oxidation sites excluding steroid dienone is 1. The summed E-state index contributed by atoms with van der Waals surface area (Å²) in [4.78, 5) is 10.7. The van der Waals surface area contributed by atoms with E-state index >= 15 is 0 Å². The summed E-state index contributed by atoms with van der Waals surface area (Å²) in [5.74, 6) is -3.22. The molecule has 1 saturated heterocycles. The van der Waals surface area contributed by atoms with Gasteiger partial charge < -0.3 is 10.1 Å². The van der Waals surface area contributed by atoms with Crippen LogP contribution in [0.3, 0.4) is 0 Å². The van der Waals surface area contributed by atoms with Crippen LogP contribution in [0.5, 0.6) is 0 Å². The van der Waals surface area contributed by atoms with Gasteiger partial charge in [0.05, 0.1) is 7.11 Å². The molecule has 0 aliphatic carbocycles. The Morgan fingerprint density at radius 3 is 2.61 bits per heavy atom. The van der Waals surface area contributed by atoms with Crippen LogP contribution in [0.4, 0.5) is 8.78 Å². The number of carbonyl (C=O) groups is 1. The molecule has 1 heterocycles. The summed E-state index contributed by atoms with van der Waals surface area (Å²) in [5.41, 5.74) is 0.207. The van der Waals surface area contributed by atoms with Gasteiger partial charge >= 0.3 is 5.97 Å². The first-order chi connectivity index (χ1) is 10.9. The lowest BCUT2D eigenvalue weighted by atomic mass is 10.2. The molecule has 0 aromatic heterocycles. The number of halogens is 2. The molecule has 0 unspecified atom stereocenters. The van der Waals surface area contributed by atoms with E-state index in [4.69, 9.17) is 0 Å². The molecule has 1 N–H and O–H groups in total. The molecule has 1 aliphatic heterocycles. The lowest BCUT2D eigenvalue weighted by molar-refractivity contribution is -0.135. The second kappa shape index (κ2) is 7.08. The zero-order valence-corrected chi connectivity index (χ0v) is 13.4. The predicted molar refractivity (Wildman–Crippen MR) is 79.1 cm³/mol. The molecule has 1 aromatic carbocycles. The van der Waals surface area contributed by atoms with Crippen molar-refractivity contribution in [2.75, 3.05) is 13.7 Å². The van der Waals surface area contributed by atoms with Crippen LogP contribution in [0.1, 0.15) is 25.7 Å². The second-order valence-corrected chi connectivity index (χ2v) is 6.97. The third-order valence-electron chi connectivity index (χ3n) is 3.54. The summed E-state index contributed by atoms with van der Waals surface area (Å²) in [7, 11) is -3.42. The van der Waals surface area contributed by atoms with Crippen molar-refractivity contribution < 1.29 is 26.7 Å². The van der Waals surface area contributed by atoms with E-state index in [0.29, 0.717) is 25.5 Å².